The average molecular weight is 891 g/mol. The lowest BCUT2D eigenvalue weighted by Gasteiger charge is -2.20. The van der Waals surface area contributed by atoms with E-state index in [1.165, 1.54) is 250 Å². The first-order valence-corrected chi connectivity index (χ1v) is 28.5. The molecule has 0 aliphatic heterocycles. The summed E-state index contributed by atoms with van der Waals surface area (Å²) in [4.78, 5) is 24.5. The maximum atomic E-state index is 12.4. The van der Waals surface area contributed by atoms with Crippen LogP contribution in [0.15, 0.2) is 12.2 Å². The zero-order valence-electron chi connectivity index (χ0n) is 42.6. The van der Waals surface area contributed by atoms with Gasteiger partial charge in [0.05, 0.1) is 25.4 Å². The van der Waals surface area contributed by atoms with Gasteiger partial charge in [-0.15, -0.1) is 0 Å². The van der Waals surface area contributed by atoms with E-state index >= 15 is 0 Å². The van der Waals surface area contributed by atoms with Crippen molar-refractivity contribution < 1.29 is 24.5 Å². The Bertz CT molecular complexity index is 939. The van der Waals surface area contributed by atoms with E-state index in [4.69, 9.17) is 4.74 Å². The summed E-state index contributed by atoms with van der Waals surface area (Å²) >= 11 is 0. The van der Waals surface area contributed by atoms with Crippen molar-refractivity contribution in [2.75, 3.05) is 13.2 Å². The molecule has 2 atom stereocenters. The lowest BCUT2D eigenvalue weighted by molar-refractivity contribution is -0.143. The predicted octanol–water partition coefficient (Wildman–Crippen LogP) is 17.3. The van der Waals surface area contributed by atoms with Crippen LogP contribution < -0.4 is 5.32 Å². The molecule has 0 bridgehead atoms. The van der Waals surface area contributed by atoms with Crippen LogP contribution in [0.3, 0.4) is 0 Å². The third-order valence-corrected chi connectivity index (χ3v) is 13.3. The minimum absolute atomic E-state index is 0.00840. The number of rotatable bonds is 53. The molecule has 0 aromatic heterocycles. The lowest BCUT2D eigenvalue weighted by atomic mass is 10.0. The van der Waals surface area contributed by atoms with Gasteiger partial charge in [-0.25, -0.2) is 0 Å². The molecule has 0 saturated heterocycles. The maximum Gasteiger partial charge on any atom is 0.305 e. The van der Waals surface area contributed by atoms with Gasteiger partial charge in [-0.2, -0.15) is 0 Å². The van der Waals surface area contributed by atoms with Crippen LogP contribution in [0.1, 0.15) is 316 Å². The molecule has 63 heavy (non-hydrogen) atoms. The van der Waals surface area contributed by atoms with Crippen molar-refractivity contribution in [1.82, 2.24) is 5.32 Å². The van der Waals surface area contributed by atoms with E-state index in [-0.39, 0.29) is 18.5 Å². The van der Waals surface area contributed by atoms with Gasteiger partial charge in [0.1, 0.15) is 0 Å². The van der Waals surface area contributed by atoms with Crippen LogP contribution in [0, 0.1) is 0 Å². The van der Waals surface area contributed by atoms with Crippen LogP contribution in [-0.2, 0) is 14.3 Å². The fraction of sp³-hybridized carbons (Fsp3) is 0.930. The molecule has 0 spiro atoms. The Kier molecular flexibility index (Phi) is 52.0. The highest BCUT2D eigenvalue weighted by molar-refractivity contribution is 5.76. The van der Waals surface area contributed by atoms with Crippen molar-refractivity contribution in [2.24, 2.45) is 0 Å². The Labute approximate surface area is 393 Å². The van der Waals surface area contributed by atoms with Crippen LogP contribution in [-0.4, -0.2) is 47.4 Å². The molecule has 1 amide bonds. The molecule has 0 rings (SSSR count). The molecular weight excluding hydrogens is 779 g/mol. The highest BCUT2D eigenvalue weighted by Crippen LogP contribution is 2.17. The summed E-state index contributed by atoms with van der Waals surface area (Å²) < 4.78 is 5.47. The minimum Gasteiger partial charge on any atom is -0.466 e. The molecule has 0 radical (unpaired) electrons. The standard InChI is InChI=1S/C57H111NO5/c1-3-5-7-9-11-13-15-17-22-26-29-33-37-41-45-49-55(60)54(53-59)58-56(61)50-46-42-38-34-30-27-23-20-18-19-21-24-28-32-36-40-44-48-52-63-57(62)51-47-43-39-35-31-25-16-14-12-10-8-6-4-2/h45,49,54-55,59-60H,3-44,46-48,50-53H2,1-2H3,(H,58,61)/b49-45+. The van der Waals surface area contributed by atoms with Gasteiger partial charge in [0.15, 0.2) is 0 Å². The van der Waals surface area contributed by atoms with Crippen molar-refractivity contribution in [2.45, 2.75) is 328 Å². The maximum absolute atomic E-state index is 12.4. The Balaban J connectivity index is 3.42. The first kappa shape index (κ1) is 61.6. The molecule has 0 aromatic carbocycles. The molecule has 0 aliphatic carbocycles. The van der Waals surface area contributed by atoms with Crippen LogP contribution in [0.4, 0.5) is 0 Å². The van der Waals surface area contributed by atoms with Crippen molar-refractivity contribution in [3.05, 3.63) is 12.2 Å². The summed E-state index contributed by atoms with van der Waals surface area (Å²) in [6.45, 7) is 4.91. The van der Waals surface area contributed by atoms with Gasteiger partial charge in [0.2, 0.25) is 5.91 Å². The molecular formula is C57H111NO5. The molecule has 0 saturated carbocycles. The number of carbonyl (C=O) groups is 2. The Morgan fingerprint density at radius 1 is 0.429 bits per heavy atom. The number of hydrogen-bond acceptors (Lipinski definition) is 5. The van der Waals surface area contributed by atoms with Crippen molar-refractivity contribution >= 4 is 11.9 Å². The normalized spacial score (nSPS) is 12.6. The third-order valence-electron chi connectivity index (χ3n) is 13.3. The smallest absolute Gasteiger partial charge is 0.305 e. The van der Waals surface area contributed by atoms with E-state index in [0.717, 1.165) is 38.5 Å². The van der Waals surface area contributed by atoms with Gasteiger partial charge in [0.25, 0.3) is 0 Å². The Morgan fingerprint density at radius 3 is 1.08 bits per heavy atom. The molecule has 0 aromatic rings. The summed E-state index contributed by atoms with van der Waals surface area (Å²) in [5, 5.41) is 23.1. The first-order valence-electron chi connectivity index (χ1n) is 28.5. The van der Waals surface area contributed by atoms with Crippen LogP contribution in [0.25, 0.3) is 0 Å². The van der Waals surface area contributed by atoms with Gasteiger partial charge in [-0.3, -0.25) is 9.59 Å². The Hall–Kier alpha value is -1.40. The molecule has 2 unspecified atom stereocenters. The second kappa shape index (κ2) is 53.2. The lowest BCUT2D eigenvalue weighted by Crippen LogP contribution is -2.45. The highest BCUT2D eigenvalue weighted by atomic mass is 16.5. The van der Waals surface area contributed by atoms with Gasteiger partial charge < -0.3 is 20.3 Å². The summed E-state index contributed by atoms with van der Waals surface area (Å²) in [7, 11) is 0. The van der Waals surface area contributed by atoms with Gasteiger partial charge in [-0.05, 0) is 32.1 Å². The van der Waals surface area contributed by atoms with Crippen molar-refractivity contribution in [3.63, 3.8) is 0 Å². The summed E-state index contributed by atoms with van der Waals surface area (Å²) in [6.07, 6.45) is 62.2. The van der Waals surface area contributed by atoms with E-state index in [1.54, 1.807) is 6.08 Å². The average Bonchev–Trinajstić information content (AvgIpc) is 3.28. The van der Waals surface area contributed by atoms with Gasteiger partial charge in [-0.1, -0.05) is 283 Å². The number of allylic oxidation sites excluding steroid dienone is 1. The van der Waals surface area contributed by atoms with Crippen LogP contribution in [0.2, 0.25) is 0 Å². The summed E-state index contributed by atoms with van der Waals surface area (Å²) in [5.41, 5.74) is 0. The molecule has 6 heteroatoms. The molecule has 3 N–H and O–H groups in total. The van der Waals surface area contributed by atoms with Crippen molar-refractivity contribution in [3.8, 4) is 0 Å². The van der Waals surface area contributed by atoms with E-state index < -0.39 is 12.1 Å². The SMILES string of the molecule is CCCCCCCCCCCCCCC/C=C/C(O)C(CO)NC(=O)CCCCCCCCCCCCCCCCCCCCOC(=O)CCCCCCCCCCCCCCC. The summed E-state index contributed by atoms with van der Waals surface area (Å²) in [6, 6.07) is -0.629. The third kappa shape index (κ3) is 49.9. The number of hydrogen-bond donors (Lipinski definition) is 3. The number of amides is 1. The van der Waals surface area contributed by atoms with E-state index in [2.05, 4.69) is 19.2 Å². The monoisotopic (exact) mass is 890 g/mol. The number of nitrogens with one attached hydrogen (secondary N) is 1. The Morgan fingerprint density at radius 2 is 0.730 bits per heavy atom. The molecule has 6 nitrogen and oxygen atoms in total. The minimum atomic E-state index is -0.846. The second-order valence-corrected chi connectivity index (χ2v) is 19.6. The number of ether oxygens (including phenoxy) is 1. The second-order valence-electron chi connectivity index (χ2n) is 19.6. The quantitative estimate of drug-likeness (QED) is 0.0321. The molecule has 0 aliphatic rings. The van der Waals surface area contributed by atoms with Crippen LogP contribution >= 0.6 is 0 Å². The topological polar surface area (TPSA) is 95.9 Å². The van der Waals surface area contributed by atoms with E-state index in [1.807, 2.05) is 6.08 Å². The predicted molar refractivity (Wildman–Crippen MR) is 273 cm³/mol. The number of aliphatic hydroxyl groups excluding tert-OH is 2. The van der Waals surface area contributed by atoms with Crippen molar-refractivity contribution in [1.29, 1.82) is 0 Å². The largest absolute Gasteiger partial charge is 0.466 e. The number of esters is 1. The van der Waals surface area contributed by atoms with Gasteiger partial charge in [0, 0.05) is 12.8 Å². The number of unbranched alkanes of at least 4 members (excludes halogenated alkanes) is 42. The molecule has 0 fully saturated rings. The van der Waals surface area contributed by atoms with Gasteiger partial charge >= 0.3 is 5.97 Å². The summed E-state index contributed by atoms with van der Waals surface area (Å²) in [5.74, 6) is -0.0618. The highest BCUT2D eigenvalue weighted by Gasteiger charge is 2.18. The fourth-order valence-electron chi connectivity index (χ4n) is 8.93. The molecule has 374 valence electrons. The number of carbonyl (C=O) groups excluding carboxylic acids is 2. The number of aliphatic hydroxyl groups is 2. The zero-order valence-corrected chi connectivity index (χ0v) is 42.6. The molecule has 0 heterocycles. The van der Waals surface area contributed by atoms with E-state index in [9.17, 15) is 19.8 Å². The fourth-order valence-corrected chi connectivity index (χ4v) is 8.93. The first-order chi connectivity index (χ1) is 31.0. The van der Waals surface area contributed by atoms with E-state index in [0.29, 0.717) is 19.4 Å². The zero-order chi connectivity index (χ0) is 45.8. The van der Waals surface area contributed by atoms with Crippen LogP contribution in [0.5, 0.6) is 0 Å².